The van der Waals surface area contributed by atoms with Crippen LogP contribution in [-0.4, -0.2) is 54.8 Å². The molecule has 0 spiro atoms. The van der Waals surface area contributed by atoms with Crippen LogP contribution in [0.4, 0.5) is 0 Å². The third-order valence-electron chi connectivity index (χ3n) is 4.62. The molecule has 1 saturated heterocycles. The standard InChI is InChI=1S/C16H26BN3O4/c1-15(2)16(3,4)24-17(23-15)12(10-18-5)8-11-9-19-20(6)13(11)14(21)22-7/h8-9,18H,10H2,1-7H3. The summed E-state index contributed by atoms with van der Waals surface area (Å²) in [5.74, 6) is -0.432. The van der Waals surface area contributed by atoms with E-state index >= 15 is 0 Å². The molecule has 0 unspecified atom stereocenters. The Morgan fingerprint density at radius 3 is 2.46 bits per heavy atom. The lowest BCUT2D eigenvalue weighted by Gasteiger charge is -2.32. The molecule has 0 radical (unpaired) electrons. The fraction of sp³-hybridized carbons (Fsp3) is 0.625. The van der Waals surface area contributed by atoms with Crippen LogP contribution in [0.5, 0.6) is 0 Å². The molecule has 24 heavy (non-hydrogen) atoms. The van der Waals surface area contributed by atoms with Gasteiger partial charge in [-0.2, -0.15) is 5.10 Å². The minimum atomic E-state index is -0.492. The zero-order valence-corrected chi connectivity index (χ0v) is 15.5. The molecular weight excluding hydrogens is 309 g/mol. The quantitative estimate of drug-likeness (QED) is 0.648. The molecule has 1 N–H and O–H groups in total. The summed E-state index contributed by atoms with van der Waals surface area (Å²) in [6, 6.07) is 0. The summed E-state index contributed by atoms with van der Waals surface area (Å²) >= 11 is 0. The Balaban J connectivity index is 2.39. The molecule has 8 heteroatoms. The number of esters is 1. The van der Waals surface area contributed by atoms with Gasteiger partial charge in [0.2, 0.25) is 0 Å². The number of ether oxygens (including phenoxy) is 1. The van der Waals surface area contributed by atoms with Gasteiger partial charge in [0.25, 0.3) is 0 Å². The van der Waals surface area contributed by atoms with Crippen LogP contribution >= 0.6 is 0 Å². The SMILES string of the molecule is CNCC(=Cc1cnn(C)c1C(=O)OC)B1OC(C)(C)C(C)(C)O1. The van der Waals surface area contributed by atoms with E-state index in [1.807, 2.05) is 40.8 Å². The van der Waals surface area contributed by atoms with E-state index in [0.717, 1.165) is 5.47 Å². The maximum absolute atomic E-state index is 12.0. The van der Waals surface area contributed by atoms with Crippen LogP contribution in [0.3, 0.4) is 0 Å². The van der Waals surface area contributed by atoms with Crippen LogP contribution in [0.25, 0.3) is 6.08 Å². The topological polar surface area (TPSA) is 74.6 Å². The molecule has 132 valence electrons. The Kier molecular flexibility index (Phi) is 5.22. The van der Waals surface area contributed by atoms with Gasteiger partial charge in [-0.15, -0.1) is 0 Å². The van der Waals surface area contributed by atoms with Crippen molar-refractivity contribution in [1.82, 2.24) is 15.1 Å². The summed E-state index contributed by atoms with van der Waals surface area (Å²) in [5, 5.41) is 7.27. The summed E-state index contributed by atoms with van der Waals surface area (Å²) in [5.41, 5.74) is 1.09. The molecule has 0 saturated carbocycles. The zero-order valence-electron chi connectivity index (χ0n) is 15.5. The van der Waals surface area contributed by atoms with E-state index in [1.54, 1.807) is 13.2 Å². The number of carbonyl (C=O) groups excluding carboxylic acids is 1. The summed E-state index contributed by atoms with van der Waals surface area (Å²) < 4.78 is 18.6. The fourth-order valence-electron chi connectivity index (χ4n) is 2.51. The lowest BCUT2D eigenvalue weighted by atomic mass is 9.77. The number of nitrogens with one attached hydrogen (secondary N) is 1. The third kappa shape index (κ3) is 3.40. The molecule has 0 bridgehead atoms. The molecule has 0 aromatic carbocycles. The zero-order chi connectivity index (χ0) is 18.1. The second-order valence-electron chi connectivity index (χ2n) is 6.90. The van der Waals surface area contributed by atoms with Gasteiger partial charge in [-0.1, -0.05) is 6.08 Å². The number of carbonyl (C=O) groups is 1. The minimum absolute atomic E-state index is 0.391. The minimum Gasteiger partial charge on any atom is -0.464 e. The number of hydrogen-bond donors (Lipinski definition) is 1. The van der Waals surface area contributed by atoms with E-state index < -0.39 is 24.3 Å². The van der Waals surface area contributed by atoms with Crippen molar-refractivity contribution in [3.8, 4) is 0 Å². The number of rotatable bonds is 5. The maximum Gasteiger partial charge on any atom is 0.491 e. The van der Waals surface area contributed by atoms with Gasteiger partial charge in [0.05, 0.1) is 24.5 Å². The van der Waals surface area contributed by atoms with Gasteiger partial charge in [-0.25, -0.2) is 4.79 Å². The van der Waals surface area contributed by atoms with Gasteiger partial charge < -0.3 is 19.4 Å². The largest absolute Gasteiger partial charge is 0.491 e. The second kappa shape index (κ2) is 6.70. The summed E-state index contributed by atoms with van der Waals surface area (Å²) in [7, 11) is 4.42. The third-order valence-corrected chi connectivity index (χ3v) is 4.62. The van der Waals surface area contributed by atoms with Crippen LogP contribution in [-0.2, 0) is 21.1 Å². The molecule has 1 aromatic rings. The number of methoxy groups -OCH3 is 1. The van der Waals surface area contributed by atoms with Crippen molar-refractivity contribution < 1.29 is 18.8 Å². The van der Waals surface area contributed by atoms with Crippen molar-refractivity contribution in [2.45, 2.75) is 38.9 Å². The molecule has 7 nitrogen and oxygen atoms in total. The normalized spacial score (nSPS) is 19.6. The van der Waals surface area contributed by atoms with Crippen molar-refractivity contribution in [1.29, 1.82) is 0 Å². The lowest BCUT2D eigenvalue weighted by molar-refractivity contribution is 0.00578. The molecule has 2 rings (SSSR count). The predicted molar refractivity (Wildman–Crippen MR) is 92.5 cm³/mol. The highest BCUT2D eigenvalue weighted by Gasteiger charge is 2.52. The van der Waals surface area contributed by atoms with Crippen LogP contribution in [0.2, 0.25) is 0 Å². The summed E-state index contributed by atoms with van der Waals surface area (Å²) in [6.07, 6.45) is 3.51. The van der Waals surface area contributed by atoms with Crippen molar-refractivity contribution in [2.75, 3.05) is 20.7 Å². The van der Waals surface area contributed by atoms with E-state index in [4.69, 9.17) is 14.0 Å². The van der Waals surface area contributed by atoms with Gasteiger partial charge in [0, 0.05) is 19.2 Å². The average molecular weight is 335 g/mol. The highest BCUT2D eigenvalue weighted by molar-refractivity contribution is 6.56. The number of hydrogen-bond acceptors (Lipinski definition) is 6. The second-order valence-corrected chi connectivity index (χ2v) is 6.90. The van der Waals surface area contributed by atoms with E-state index in [2.05, 4.69) is 10.4 Å². The molecule has 0 amide bonds. The highest BCUT2D eigenvalue weighted by atomic mass is 16.7. The van der Waals surface area contributed by atoms with Gasteiger partial charge in [0.1, 0.15) is 0 Å². The number of aryl methyl sites for hydroxylation is 1. The van der Waals surface area contributed by atoms with Crippen molar-refractivity contribution in [3.63, 3.8) is 0 Å². The number of likely N-dealkylation sites (N-methyl/N-ethyl adjacent to an activating group) is 1. The van der Waals surface area contributed by atoms with Crippen LogP contribution in [0.15, 0.2) is 11.7 Å². The molecular formula is C16H26BN3O4. The van der Waals surface area contributed by atoms with E-state index in [0.29, 0.717) is 17.8 Å². The van der Waals surface area contributed by atoms with E-state index in [9.17, 15) is 4.79 Å². The summed E-state index contributed by atoms with van der Waals surface area (Å²) in [4.78, 5) is 12.0. The lowest BCUT2D eigenvalue weighted by Crippen LogP contribution is -2.41. The smallest absolute Gasteiger partial charge is 0.464 e. The van der Waals surface area contributed by atoms with Crippen molar-refractivity contribution in [2.24, 2.45) is 7.05 Å². The first-order chi connectivity index (χ1) is 11.1. The first kappa shape index (κ1) is 18.7. The molecule has 1 aliphatic rings. The van der Waals surface area contributed by atoms with Gasteiger partial charge in [-0.05, 0) is 40.2 Å². The maximum atomic E-state index is 12.0. The highest BCUT2D eigenvalue weighted by Crippen LogP contribution is 2.38. The first-order valence-corrected chi connectivity index (χ1v) is 7.94. The van der Waals surface area contributed by atoms with Crippen LogP contribution in [0.1, 0.15) is 43.7 Å². The van der Waals surface area contributed by atoms with E-state index in [1.165, 1.54) is 11.8 Å². The van der Waals surface area contributed by atoms with Gasteiger partial charge >= 0.3 is 13.1 Å². The fourth-order valence-corrected chi connectivity index (χ4v) is 2.51. The Hall–Kier alpha value is -1.64. The van der Waals surface area contributed by atoms with Crippen molar-refractivity contribution >= 4 is 19.2 Å². The molecule has 1 aliphatic heterocycles. The Labute approximate surface area is 143 Å². The van der Waals surface area contributed by atoms with Crippen molar-refractivity contribution in [3.05, 3.63) is 22.9 Å². The Bertz CT molecular complexity index is 636. The number of nitrogens with zero attached hydrogens (tertiary/aromatic N) is 2. The average Bonchev–Trinajstić information content (AvgIpc) is 2.95. The molecule has 1 fully saturated rings. The molecule has 0 aliphatic carbocycles. The Morgan fingerprint density at radius 1 is 1.38 bits per heavy atom. The van der Waals surface area contributed by atoms with Gasteiger partial charge in [0.15, 0.2) is 5.69 Å². The van der Waals surface area contributed by atoms with E-state index in [-0.39, 0.29) is 0 Å². The summed E-state index contributed by atoms with van der Waals surface area (Å²) in [6.45, 7) is 8.59. The molecule has 2 heterocycles. The molecule has 1 aromatic heterocycles. The molecule has 0 atom stereocenters. The Morgan fingerprint density at radius 2 is 1.96 bits per heavy atom. The van der Waals surface area contributed by atoms with Gasteiger partial charge in [-0.3, -0.25) is 4.68 Å². The van der Waals surface area contributed by atoms with Crippen LogP contribution in [0, 0.1) is 0 Å². The predicted octanol–water partition coefficient (Wildman–Crippen LogP) is 1.44. The van der Waals surface area contributed by atoms with Crippen LogP contribution < -0.4 is 5.32 Å². The number of aromatic nitrogens is 2. The monoisotopic (exact) mass is 335 g/mol. The first-order valence-electron chi connectivity index (χ1n) is 7.94.